The molecule has 0 amide bonds. The van der Waals surface area contributed by atoms with E-state index in [2.05, 4.69) is 89.1 Å². The third-order valence-corrected chi connectivity index (χ3v) is 7.86. The SMILES string of the molecule is c1ccc(-c2nc(C3CCN(CC4c5ccccc5-c5ccccc54)CC3)cs2)cc1. The van der Waals surface area contributed by atoms with Gasteiger partial charge in [-0.3, -0.25) is 0 Å². The van der Waals surface area contributed by atoms with Crippen molar-refractivity contribution < 1.29 is 0 Å². The average molecular weight is 423 g/mol. The van der Waals surface area contributed by atoms with Crippen LogP contribution in [0.4, 0.5) is 0 Å². The maximum atomic E-state index is 4.99. The van der Waals surface area contributed by atoms with Crippen LogP contribution >= 0.6 is 11.3 Å². The molecule has 2 aliphatic rings. The first-order valence-corrected chi connectivity index (χ1v) is 12.2. The van der Waals surface area contributed by atoms with Crippen LogP contribution in [0.5, 0.6) is 0 Å². The van der Waals surface area contributed by atoms with Crippen LogP contribution in [-0.2, 0) is 0 Å². The summed E-state index contributed by atoms with van der Waals surface area (Å²) in [6.07, 6.45) is 2.40. The number of likely N-dealkylation sites (tertiary alicyclic amines) is 1. The van der Waals surface area contributed by atoms with E-state index in [4.69, 9.17) is 4.98 Å². The monoisotopic (exact) mass is 422 g/mol. The second-order valence-electron chi connectivity index (χ2n) is 8.75. The van der Waals surface area contributed by atoms with E-state index >= 15 is 0 Å². The minimum absolute atomic E-state index is 0.493. The second-order valence-corrected chi connectivity index (χ2v) is 9.60. The summed E-state index contributed by atoms with van der Waals surface area (Å²) in [6, 6.07) is 28.5. The van der Waals surface area contributed by atoms with Gasteiger partial charge in [-0.15, -0.1) is 11.3 Å². The first-order valence-electron chi connectivity index (χ1n) is 11.3. The first-order chi connectivity index (χ1) is 15.4. The molecule has 154 valence electrons. The summed E-state index contributed by atoms with van der Waals surface area (Å²) in [4.78, 5) is 7.66. The van der Waals surface area contributed by atoms with Gasteiger partial charge in [0.05, 0.1) is 5.69 Å². The standard InChI is InChI=1S/C28H26N2S/c1-2-8-21(9-3-1)28-29-27(19-31-28)20-14-16-30(17-15-20)18-26-24-12-6-4-10-22(24)23-11-5-7-13-25(23)26/h1-13,19-20,26H,14-18H2. The van der Waals surface area contributed by atoms with Crippen molar-refractivity contribution in [1.82, 2.24) is 9.88 Å². The number of hydrogen-bond donors (Lipinski definition) is 0. The topological polar surface area (TPSA) is 16.1 Å². The fraction of sp³-hybridized carbons (Fsp3) is 0.250. The highest BCUT2D eigenvalue weighted by Gasteiger charge is 2.31. The van der Waals surface area contributed by atoms with Gasteiger partial charge < -0.3 is 4.90 Å². The molecule has 0 atom stereocenters. The van der Waals surface area contributed by atoms with E-state index in [1.54, 1.807) is 11.3 Å². The molecule has 0 N–H and O–H groups in total. The molecule has 0 spiro atoms. The van der Waals surface area contributed by atoms with Gasteiger partial charge in [0.15, 0.2) is 0 Å². The molecule has 0 unspecified atom stereocenters. The molecule has 4 aromatic rings. The van der Waals surface area contributed by atoms with Crippen molar-refractivity contribution in [3.8, 4) is 21.7 Å². The van der Waals surface area contributed by atoms with Crippen molar-refractivity contribution in [2.45, 2.75) is 24.7 Å². The number of benzene rings is 3. The summed E-state index contributed by atoms with van der Waals surface area (Å²) in [6.45, 7) is 3.43. The Kier molecular flexibility index (Phi) is 4.94. The molecule has 3 aromatic carbocycles. The molecule has 6 rings (SSSR count). The fourth-order valence-electron chi connectivity index (χ4n) is 5.31. The Balaban J connectivity index is 1.15. The average Bonchev–Trinajstić information content (AvgIpc) is 3.45. The van der Waals surface area contributed by atoms with Crippen LogP contribution < -0.4 is 0 Å². The Labute approximate surface area is 188 Å². The van der Waals surface area contributed by atoms with Gasteiger partial charge in [-0.2, -0.15) is 0 Å². The van der Waals surface area contributed by atoms with Gasteiger partial charge in [-0.1, -0.05) is 78.9 Å². The Morgan fingerprint density at radius 3 is 2.06 bits per heavy atom. The molecule has 1 aromatic heterocycles. The van der Waals surface area contributed by atoms with Crippen LogP contribution in [0.25, 0.3) is 21.7 Å². The van der Waals surface area contributed by atoms with Crippen molar-refractivity contribution in [2.24, 2.45) is 0 Å². The molecule has 1 aliphatic carbocycles. The maximum absolute atomic E-state index is 4.99. The van der Waals surface area contributed by atoms with Crippen molar-refractivity contribution in [3.63, 3.8) is 0 Å². The van der Waals surface area contributed by atoms with Gasteiger partial charge in [0.25, 0.3) is 0 Å². The molecule has 0 radical (unpaired) electrons. The molecule has 1 aliphatic heterocycles. The Hall–Kier alpha value is -2.75. The van der Waals surface area contributed by atoms with Gasteiger partial charge in [0.2, 0.25) is 0 Å². The number of thiazole rings is 1. The zero-order valence-electron chi connectivity index (χ0n) is 17.6. The summed E-state index contributed by atoms with van der Waals surface area (Å²) in [5, 5.41) is 3.43. The minimum atomic E-state index is 0.493. The van der Waals surface area contributed by atoms with Crippen molar-refractivity contribution in [2.75, 3.05) is 19.6 Å². The van der Waals surface area contributed by atoms with Crippen LogP contribution in [0.3, 0.4) is 0 Å². The van der Waals surface area contributed by atoms with E-state index in [9.17, 15) is 0 Å². The van der Waals surface area contributed by atoms with Crippen LogP contribution in [0.1, 0.15) is 41.5 Å². The van der Waals surface area contributed by atoms with Gasteiger partial charge in [-0.05, 0) is 48.2 Å². The molecule has 3 heteroatoms. The molecule has 0 bridgehead atoms. The van der Waals surface area contributed by atoms with Gasteiger partial charge in [-0.25, -0.2) is 4.98 Å². The summed E-state index contributed by atoms with van der Waals surface area (Å²) < 4.78 is 0. The third kappa shape index (κ3) is 3.52. The highest BCUT2D eigenvalue weighted by molar-refractivity contribution is 7.13. The number of fused-ring (bicyclic) bond motifs is 3. The highest BCUT2D eigenvalue weighted by atomic mass is 32.1. The largest absolute Gasteiger partial charge is 0.302 e. The molecule has 1 fully saturated rings. The molecule has 2 nitrogen and oxygen atoms in total. The summed E-state index contributed by atoms with van der Waals surface area (Å²) in [7, 11) is 0. The van der Waals surface area contributed by atoms with E-state index < -0.39 is 0 Å². The van der Waals surface area contributed by atoms with Crippen molar-refractivity contribution in [3.05, 3.63) is 101 Å². The first kappa shape index (κ1) is 19.0. The van der Waals surface area contributed by atoms with Crippen molar-refractivity contribution in [1.29, 1.82) is 0 Å². The molecular weight excluding hydrogens is 396 g/mol. The van der Waals surface area contributed by atoms with E-state index in [1.165, 1.54) is 46.4 Å². The lowest BCUT2D eigenvalue weighted by atomic mass is 9.91. The normalized spacial score (nSPS) is 16.9. The predicted octanol–water partition coefficient (Wildman–Crippen LogP) is 6.80. The zero-order chi connectivity index (χ0) is 20.6. The summed E-state index contributed by atoms with van der Waals surface area (Å²) >= 11 is 1.78. The lowest BCUT2D eigenvalue weighted by Crippen LogP contribution is -2.36. The Bertz CT molecular complexity index is 1140. The van der Waals surface area contributed by atoms with E-state index in [0.717, 1.165) is 24.6 Å². The predicted molar refractivity (Wildman–Crippen MR) is 130 cm³/mol. The number of aromatic nitrogens is 1. The van der Waals surface area contributed by atoms with E-state index in [-0.39, 0.29) is 0 Å². The maximum Gasteiger partial charge on any atom is 0.123 e. The smallest absolute Gasteiger partial charge is 0.123 e. The fourth-order valence-corrected chi connectivity index (χ4v) is 6.22. The lowest BCUT2D eigenvalue weighted by Gasteiger charge is -2.33. The third-order valence-electron chi connectivity index (χ3n) is 6.95. The van der Waals surface area contributed by atoms with Crippen LogP contribution in [0.2, 0.25) is 0 Å². The van der Waals surface area contributed by atoms with E-state index in [1.807, 2.05) is 0 Å². The van der Waals surface area contributed by atoms with Crippen LogP contribution in [0, 0.1) is 0 Å². The number of piperidine rings is 1. The van der Waals surface area contributed by atoms with Gasteiger partial charge >= 0.3 is 0 Å². The zero-order valence-corrected chi connectivity index (χ0v) is 18.4. The molecule has 2 heterocycles. The molecular formula is C28H26N2S. The number of nitrogens with zero attached hydrogens (tertiary/aromatic N) is 2. The van der Waals surface area contributed by atoms with E-state index in [0.29, 0.717) is 11.8 Å². The molecule has 31 heavy (non-hydrogen) atoms. The second kappa shape index (κ2) is 8.07. The lowest BCUT2D eigenvalue weighted by molar-refractivity contribution is 0.206. The van der Waals surface area contributed by atoms with Crippen molar-refractivity contribution >= 4 is 11.3 Å². The minimum Gasteiger partial charge on any atom is -0.302 e. The number of rotatable bonds is 4. The summed E-state index contributed by atoms with van der Waals surface area (Å²) in [5.41, 5.74) is 8.37. The Morgan fingerprint density at radius 2 is 1.39 bits per heavy atom. The van der Waals surface area contributed by atoms with Gasteiger partial charge in [0, 0.05) is 29.3 Å². The van der Waals surface area contributed by atoms with Crippen LogP contribution in [-0.4, -0.2) is 29.5 Å². The quantitative estimate of drug-likeness (QED) is 0.359. The highest BCUT2D eigenvalue weighted by Crippen LogP contribution is 2.45. The van der Waals surface area contributed by atoms with Crippen LogP contribution in [0.15, 0.2) is 84.2 Å². The van der Waals surface area contributed by atoms with Gasteiger partial charge in [0.1, 0.15) is 5.01 Å². The molecule has 0 saturated carbocycles. The Morgan fingerprint density at radius 1 is 0.774 bits per heavy atom. The summed E-state index contributed by atoms with van der Waals surface area (Å²) in [5.74, 6) is 1.08. The molecule has 1 saturated heterocycles. The number of hydrogen-bond acceptors (Lipinski definition) is 3.